The van der Waals surface area contributed by atoms with Crippen LogP contribution in [0.1, 0.15) is 46.5 Å². The second-order valence-electron chi connectivity index (χ2n) is 10.0. The standard InChI is InChI=1S/C24H33N7O5/c1-23(2,3)36-22(33)31(21(32)24(26)8-6-13(25)7-9-24)16-12-27-30-19(16)20-28-14-10-17(34-4)18(35-5)11-15(14)29-20/h10-13H,6-9,25-26H2,1-5H3,(H,27,30)(H,28,29). The highest BCUT2D eigenvalue weighted by Gasteiger charge is 2.45. The van der Waals surface area contributed by atoms with Crippen LogP contribution in [0.3, 0.4) is 0 Å². The van der Waals surface area contributed by atoms with Crippen molar-refractivity contribution in [1.82, 2.24) is 20.2 Å². The number of hydrogen-bond acceptors (Lipinski definition) is 9. The van der Waals surface area contributed by atoms with Crippen molar-refractivity contribution < 1.29 is 23.8 Å². The number of aromatic nitrogens is 4. The number of imidazole rings is 1. The number of carbonyl (C=O) groups excluding carboxylic acids is 2. The van der Waals surface area contributed by atoms with E-state index >= 15 is 0 Å². The number of ether oxygens (including phenoxy) is 3. The van der Waals surface area contributed by atoms with Gasteiger partial charge in [-0.3, -0.25) is 9.89 Å². The predicted molar refractivity (Wildman–Crippen MR) is 134 cm³/mol. The van der Waals surface area contributed by atoms with E-state index in [1.165, 1.54) is 20.4 Å². The molecule has 1 aliphatic rings. The van der Waals surface area contributed by atoms with Crippen LogP contribution in [0.5, 0.6) is 11.5 Å². The summed E-state index contributed by atoms with van der Waals surface area (Å²) in [5.74, 6) is 0.783. The average molecular weight is 500 g/mol. The molecule has 0 saturated heterocycles. The largest absolute Gasteiger partial charge is 0.493 e. The third-order valence-corrected chi connectivity index (χ3v) is 6.20. The summed E-state index contributed by atoms with van der Waals surface area (Å²) in [7, 11) is 3.08. The van der Waals surface area contributed by atoms with Gasteiger partial charge in [0.1, 0.15) is 11.3 Å². The van der Waals surface area contributed by atoms with Gasteiger partial charge in [0.15, 0.2) is 23.0 Å². The van der Waals surface area contributed by atoms with Crippen molar-refractivity contribution in [3.8, 4) is 23.0 Å². The van der Waals surface area contributed by atoms with E-state index in [4.69, 9.17) is 25.7 Å². The molecule has 4 rings (SSSR count). The number of methoxy groups -OCH3 is 2. The Kier molecular flexibility index (Phi) is 6.67. The van der Waals surface area contributed by atoms with Gasteiger partial charge >= 0.3 is 6.09 Å². The number of nitrogens with zero attached hydrogens (tertiary/aromatic N) is 3. The molecular weight excluding hydrogens is 466 g/mol. The number of fused-ring (bicyclic) bond motifs is 1. The van der Waals surface area contributed by atoms with Crippen molar-refractivity contribution in [1.29, 1.82) is 0 Å². The number of benzene rings is 1. The van der Waals surface area contributed by atoms with Crippen molar-refractivity contribution >= 4 is 28.7 Å². The van der Waals surface area contributed by atoms with Gasteiger partial charge in [0.2, 0.25) is 0 Å². The summed E-state index contributed by atoms with van der Waals surface area (Å²) in [5.41, 5.74) is 12.1. The van der Waals surface area contributed by atoms with Crippen LogP contribution >= 0.6 is 0 Å². The fourth-order valence-electron chi connectivity index (χ4n) is 4.27. The summed E-state index contributed by atoms with van der Waals surface area (Å²) in [4.78, 5) is 35.9. The Morgan fingerprint density at radius 1 is 1.14 bits per heavy atom. The number of amides is 2. The zero-order valence-corrected chi connectivity index (χ0v) is 21.2. The Hall–Kier alpha value is -3.64. The summed E-state index contributed by atoms with van der Waals surface area (Å²) in [6.45, 7) is 5.17. The number of rotatable bonds is 5. The molecule has 0 bridgehead atoms. The summed E-state index contributed by atoms with van der Waals surface area (Å²) >= 11 is 0. The third-order valence-electron chi connectivity index (χ3n) is 6.20. The van der Waals surface area contributed by atoms with E-state index in [0.29, 0.717) is 54.0 Å². The zero-order valence-electron chi connectivity index (χ0n) is 21.2. The van der Waals surface area contributed by atoms with Gasteiger partial charge in [-0.2, -0.15) is 5.10 Å². The van der Waals surface area contributed by atoms with Crippen molar-refractivity contribution in [2.75, 3.05) is 19.1 Å². The maximum atomic E-state index is 13.8. The van der Waals surface area contributed by atoms with E-state index in [1.54, 1.807) is 32.9 Å². The Morgan fingerprint density at radius 3 is 2.39 bits per heavy atom. The lowest BCUT2D eigenvalue weighted by Gasteiger charge is -2.37. The Morgan fingerprint density at radius 2 is 1.78 bits per heavy atom. The number of imide groups is 1. The van der Waals surface area contributed by atoms with Gasteiger partial charge in [-0.1, -0.05) is 0 Å². The minimum absolute atomic E-state index is 0.0292. The van der Waals surface area contributed by atoms with Crippen LogP contribution in [0.15, 0.2) is 18.3 Å². The molecule has 194 valence electrons. The van der Waals surface area contributed by atoms with Gasteiger partial charge in [-0.25, -0.2) is 14.7 Å². The Labute approximate surface area is 208 Å². The zero-order chi connectivity index (χ0) is 26.3. The van der Waals surface area contributed by atoms with Gasteiger partial charge in [-0.05, 0) is 46.5 Å². The predicted octanol–water partition coefficient (Wildman–Crippen LogP) is 2.84. The molecule has 12 heteroatoms. The summed E-state index contributed by atoms with van der Waals surface area (Å²) in [6.07, 6.45) is 2.46. The first kappa shape index (κ1) is 25.5. The smallest absolute Gasteiger partial charge is 0.421 e. The van der Waals surface area contributed by atoms with Crippen molar-refractivity contribution in [2.45, 2.75) is 63.6 Å². The van der Waals surface area contributed by atoms with Crippen LogP contribution in [0.2, 0.25) is 0 Å². The average Bonchev–Trinajstić information content (AvgIpc) is 3.45. The molecule has 1 aromatic carbocycles. The molecule has 0 radical (unpaired) electrons. The maximum absolute atomic E-state index is 13.8. The van der Waals surface area contributed by atoms with Crippen LogP contribution in [-0.4, -0.2) is 63.6 Å². The van der Waals surface area contributed by atoms with Gasteiger partial charge in [0, 0.05) is 24.4 Å². The molecule has 12 nitrogen and oxygen atoms in total. The molecule has 2 aromatic heterocycles. The van der Waals surface area contributed by atoms with Crippen LogP contribution < -0.4 is 25.8 Å². The van der Waals surface area contributed by atoms with E-state index in [0.717, 1.165) is 4.90 Å². The number of nitrogens with two attached hydrogens (primary N) is 2. The topological polar surface area (TPSA) is 174 Å². The molecule has 2 heterocycles. The fraction of sp³-hybridized carbons (Fsp3) is 0.500. The molecule has 0 unspecified atom stereocenters. The number of anilines is 1. The molecule has 0 spiro atoms. The highest BCUT2D eigenvalue weighted by Crippen LogP contribution is 2.36. The summed E-state index contributed by atoms with van der Waals surface area (Å²) < 4.78 is 16.3. The van der Waals surface area contributed by atoms with Crippen LogP contribution in [0.4, 0.5) is 10.5 Å². The second kappa shape index (κ2) is 9.43. The van der Waals surface area contributed by atoms with E-state index < -0.39 is 23.1 Å². The van der Waals surface area contributed by atoms with Crippen LogP contribution in [0.25, 0.3) is 22.6 Å². The number of H-pyrrole nitrogens is 2. The Bertz CT molecular complexity index is 1230. The highest BCUT2D eigenvalue weighted by atomic mass is 16.6. The third kappa shape index (κ3) is 4.86. The van der Waals surface area contributed by atoms with E-state index in [1.807, 2.05) is 0 Å². The lowest BCUT2D eigenvalue weighted by atomic mass is 9.79. The molecule has 3 aromatic rings. The molecule has 36 heavy (non-hydrogen) atoms. The molecule has 1 fully saturated rings. The molecule has 6 N–H and O–H groups in total. The molecule has 1 saturated carbocycles. The van der Waals surface area contributed by atoms with Gasteiger partial charge < -0.3 is 30.7 Å². The molecule has 0 aliphatic heterocycles. The minimum atomic E-state index is -1.27. The number of carbonyl (C=O) groups is 2. The lowest BCUT2D eigenvalue weighted by molar-refractivity contribution is -0.124. The van der Waals surface area contributed by atoms with Crippen molar-refractivity contribution in [3.05, 3.63) is 18.3 Å². The van der Waals surface area contributed by atoms with Crippen LogP contribution in [-0.2, 0) is 9.53 Å². The first-order valence-electron chi connectivity index (χ1n) is 11.7. The quantitative estimate of drug-likeness (QED) is 0.411. The molecular formula is C24H33N7O5. The SMILES string of the molecule is COc1cc2nc(-c3n[nH]cc3N(C(=O)OC(C)(C)C)C(=O)C3(N)CCC(N)CC3)[nH]c2cc1OC. The molecule has 1 aliphatic carbocycles. The summed E-state index contributed by atoms with van der Waals surface area (Å²) in [6, 6.07) is 3.43. The monoisotopic (exact) mass is 499 g/mol. The normalized spacial score (nSPS) is 20.2. The van der Waals surface area contributed by atoms with Crippen molar-refractivity contribution in [2.24, 2.45) is 11.5 Å². The van der Waals surface area contributed by atoms with Crippen molar-refractivity contribution in [3.63, 3.8) is 0 Å². The first-order valence-corrected chi connectivity index (χ1v) is 11.7. The van der Waals surface area contributed by atoms with E-state index in [9.17, 15) is 9.59 Å². The second-order valence-corrected chi connectivity index (χ2v) is 10.0. The molecule has 2 amide bonds. The van der Waals surface area contributed by atoms with Crippen LogP contribution in [0, 0.1) is 0 Å². The van der Waals surface area contributed by atoms with Gasteiger partial charge in [-0.15, -0.1) is 0 Å². The molecule has 0 atom stereocenters. The highest BCUT2D eigenvalue weighted by molar-refractivity contribution is 6.17. The first-order chi connectivity index (χ1) is 17.0. The summed E-state index contributed by atoms with van der Waals surface area (Å²) in [5, 5.41) is 7.03. The van der Waals surface area contributed by atoms with E-state index in [2.05, 4.69) is 20.2 Å². The number of hydrogen-bond donors (Lipinski definition) is 4. The van der Waals surface area contributed by atoms with E-state index in [-0.39, 0.29) is 17.4 Å². The van der Waals surface area contributed by atoms with Gasteiger partial charge in [0.05, 0.1) is 30.8 Å². The maximum Gasteiger partial charge on any atom is 0.421 e. The Balaban J connectivity index is 1.79. The fourth-order valence-corrected chi connectivity index (χ4v) is 4.27. The van der Waals surface area contributed by atoms with Gasteiger partial charge in [0.25, 0.3) is 5.91 Å². The lowest BCUT2D eigenvalue weighted by Crippen LogP contribution is -2.60. The number of nitrogens with one attached hydrogen (secondary N) is 2. The number of aromatic amines is 2. The minimum Gasteiger partial charge on any atom is -0.493 e.